The Morgan fingerprint density at radius 2 is 1.80 bits per heavy atom. The molecule has 0 saturated carbocycles. The van der Waals surface area contributed by atoms with E-state index in [4.69, 9.17) is 5.73 Å². The summed E-state index contributed by atoms with van der Waals surface area (Å²) in [6.07, 6.45) is 1.79. The third kappa shape index (κ3) is 1.88. The summed E-state index contributed by atoms with van der Waals surface area (Å²) in [7, 11) is -2.86. The molecule has 2 N–H and O–H groups in total. The van der Waals surface area contributed by atoms with Crippen LogP contribution in [0.25, 0.3) is 0 Å². The highest BCUT2D eigenvalue weighted by atomic mass is 32.2. The molecule has 1 atom stereocenters. The van der Waals surface area contributed by atoms with E-state index < -0.39 is 9.84 Å². The van der Waals surface area contributed by atoms with Crippen LogP contribution in [0, 0.1) is 0 Å². The number of carbonyl (C=O) groups excluding carboxylic acids is 1. The Labute approximate surface area is 89.7 Å². The van der Waals surface area contributed by atoms with Crippen LogP contribution in [0.1, 0.15) is 12.8 Å². The molecule has 0 unspecified atom stereocenters. The minimum atomic E-state index is -2.86. The number of hydrogen-bond donors (Lipinski definition) is 1. The van der Waals surface area contributed by atoms with E-state index in [0.29, 0.717) is 17.6 Å². The summed E-state index contributed by atoms with van der Waals surface area (Å²) in [4.78, 5) is 11.3. The van der Waals surface area contributed by atoms with Crippen LogP contribution in [0.3, 0.4) is 0 Å². The monoisotopic (exact) mass is 233 g/mol. The number of nitrogens with zero attached hydrogens (tertiary/aromatic N) is 1. The number of hydrogen-bond acceptors (Lipinski definition) is 3. The summed E-state index contributed by atoms with van der Waals surface area (Å²) in [6, 6.07) is -0.152. The molecule has 0 radical (unpaired) electrons. The van der Waals surface area contributed by atoms with Crippen molar-refractivity contribution in [2.45, 2.75) is 18.9 Å². The molecule has 2 fully saturated rings. The third-order valence-electron chi connectivity index (χ3n) is 3.77. The molecule has 1 spiro atoms. The first-order valence-corrected chi connectivity index (χ1v) is 7.13. The van der Waals surface area contributed by atoms with Gasteiger partial charge in [-0.15, -0.1) is 0 Å². The van der Waals surface area contributed by atoms with E-state index in [1.54, 1.807) is 0 Å². The van der Waals surface area contributed by atoms with Crippen molar-refractivity contribution in [3.8, 4) is 0 Å². The summed E-state index contributed by atoms with van der Waals surface area (Å²) in [5.41, 5.74) is 5.37. The Balaban J connectivity index is 2.18. The lowest BCUT2D eigenvalue weighted by Gasteiger charge is -2.41. The number of carbonyl (C=O) groups is 1. The lowest BCUT2D eigenvalue weighted by Crippen LogP contribution is -2.62. The summed E-state index contributed by atoms with van der Waals surface area (Å²) in [5, 5.41) is 0. The maximum absolute atomic E-state index is 11.3. The van der Waals surface area contributed by atoms with Crippen LogP contribution in [0.4, 0.5) is 0 Å². The van der Waals surface area contributed by atoms with Gasteiger partial charge in [-0.2, -0.15) is 0 Å². The van der Waals surface area contributed by atoms with Gasteiger partial charge in [-0.1, -0.05) is 0 Å². The van der Waals surface area contributed by atoms with Gasteiger partial charge in [0.15, 0.2) is 15.9 Å². The molecular weight excluding hydrogens is 216 g/mol. The van der Waals surface area contributed by atoms with Crippen molar-refractivity contribution in [3.05, 3.63) is 0 Å². The van der Waals surface area contributed by atoms with E-state index in [1.165, 1.54) is 0 Å². The van der Waals surface area contributed by atoms with Gasteiger partial charge < -0.3 is 10.2 Å². The van der Waals surface area contributed by atoms with Gasteiger partial charge in [0.25, 0.3) is 5.91 Å². The molecule has 15 heavy (non-hydrogen) atoms. The Bertz CT molecular complexity index is 363. The highest BCUT2D eigenvalue weighted by Gasteiger charge is 2.48. The Hall–Kier alpha value is -0.620. The topological polar surface area (TPSA) is 77.2 Å². The van der Waals surface area contributed by atoms with Crippen molar-refractivity contribution in [3.63, 3.8) is 0 Å². The van der Waals surface area contributed by atoms with E-state index in [2.05, 4.69) is 0 Å². The van der Waals surface area contributed by atoms with Gasteiger partial charge in [-0.25, -0.2) is 8.42 Å². The van der Waals surface area contributed by atoms with Crippen LogP contribution < -0.4 is 5.73 Å². The second-order valence-corrected chi connectivity index (χ2v) is 6.91. The molecule has 0 aliphatic carbocycles. The van der Waals surface area contributed by atoms with Crippen molar-refractivity contribution >= 4 is 15.7 Å². The molecule has 0 aromatic carbocycles. The Morgan fingerprint density at radius 1 is 1.20 bits per heavy atom. The predicted octanol–water partition coefficient (Wildman–Crippen LogP) is -1.12. The number of sulfone groups is 1. The van der Waals surface area contributed by atoms with Gasteiger partial charge in [0, 0.05) is 12.8 Å². The number of nitrogens with two attached hydrogens (primary N) is 1. The Morgan fingerprint density at radius 3 is 2.33 bits per heavy atom. The number of rotatable bonds is 1. The highest BCUT2D eigenvalue weighted by molar-refractivity contribution is 7.91. The minimum Gasteiger partial charge on any atom is -0.365 e. The largest absolute Gasteiger partial charge is 0.365 e. The molecule has 2 heterocycles. The normalized spacial score (nSPS) is 32.9. The summed E-state index contributed by atoms with van der Waals surface area (Å²) >= 11 is 0. The maximum atomic E-state index is 11.3. The second-order valence-electron chi connectivity index (χ2n) is 4.60. The van der Waals surface area contributed by atoms with E-state index in [1.807, 2.05) is 0 Å². The second kappa shape index (κ2) is 3.45. The quantitative estimate of drug-likeness (QED) is 0.583. The zero-order chi connectivity index (χ0) is 11.1. The van der Waals surface area contributed by atoms with Crippen LogP contribution in [0.5, 0.6) is 0 Å². The van der Waals surface area contributed by atoms with Crippen molar-refractivity contribution < 1.29 is 17.7 Å². The molecule has 86 valence electrons. The molecular formula is C9H17N2O3S+. The summed E-state index contributed by atoms with van der Waals surface area (Å²) in [6.45, 7) is 2.04. The molecule has 6 heteroatoms. The molecule has 2 aliphatic rings. The van der Waals surface area contributed by atoms with E-state index in [0.717, 1.165) is 19.4 Å². The number of amides is 1. The fourth-order valence-corrected chi connectivity index (χ4v) is 4.32. The average Bonchev–Trinajstić information content (AvgIpc) is 2.55. The molecule has 2 rings (SSSR count). The highest BCUT2D eigenvalue weighted by Crippen LogP contribution is 2.29. The van der Waals surface area contributed by atoms with Crippen molar-refractivity contribution in [2.24, 2.45) is 5.73 Å². The smallest absolute Gasteiger partial charge is 0.275 e. The van der Waals surface area contributed by atoms with Gasteiger partial charge in [0.05, 0.1) is 31.1 Å². The molecule has 2 aliphatic heterocycles. The van der Waals surface area contributed by atoms with Gasteiger partial charge in [-0.05, 0) is 0 Å². The molecule has 0 aromatic heterocycles. The fourth-order valence-electron chi connectivity index (χ4n) is 2.83. The molecule has 2 saturated heterocycles. The third-order valence-corrected chi connectivity index (χ3v) is 5.37. The number of primary amides is 1. The predicted molar refractivity (Wildman–Crippen MR) is 55.7 cm³/mol. The van der Waals surface area contributed by atoms with Crippen molar-refractivity contribution in [1.82, 2.24) is 0 Å². The van der Waals surface area contributed by atoms with Crippen LogP contribution >= 0.6 is 0 Å². The van der Waals surface area contributed by atoms with Crippen LogP contribution in [0.15, 0.2) is 0 Å². The molecule has 1 amide bonds. The van der Waals surface area contributed by atoms with Gasteiger partial charge in [0.1, 0.15) is 0 Å². The van der Waals surface area contributed by atoms with E-state index in [-0.39, 0.29) is 23.5 Å². The first kappa shape index (κ1) is 10.9. The van der Waals surface area contributed by atoms with Crippen LogP contribution in [-0.4, -0.2) is 56.0 Å². The van der Waals surface area contributed by atoms with Gasteiger partial charge in [-0.3, -0.25) is 4.79 Å². The lowest BCUT2D eigenvalue weighted by molar-refractivity contribution is -0.927. The Kier molecular flexibility index (Phi) is 2.50. The zero-order valence-corrected chi connectivity index (χ0v) is 9.50. The molecule has 0 aromatic rings. The minimum absolute atomic E-state index is 0.152. The fraction of sp³-hybridized carbons (Fsp3) is 0.889. The zero-order valence-electron chi connectivity index (χ0n) is 8.68. The summed E-state index contributed by atoms with van der Waals surface area (Å²) < 4.78 is 23.3. The maximum Gasteiger partial charge on any atom is 0.275 e. The van der Waals surface area contributed by atoms with E-state index >= 15 is 0 Å². The lowest BCUT2D eigenvalue weighted by atomic mass is 10.2. The van der Waals surface area contributed by atoms with Gasteiger partial charge >= 0.3 is 0 Å². The standard InChI is InChI=1S/C9H16N2O3S/c10-9(12)8-2-1-3-11(8)4-6-15(13,14)7-5-11/h8H,1-7H2,(H-,10,12)/p+1/t8-/m0/s1. The van der Waals surface area contributed by atoms with Crippen LogP contribution in [-0.2, 0) is 14.6 Å². The molecule has 0 bridgehead atoms. The first-order chi connectivity index (χ1) is 6.95. The first-order valence-electron chi connectivity index (χ1n) is 5.31. The van der Waals surface area contributed by atoms with Crippen molar-refractivity contribution in [1.29, 1.82) is 0 Å². The average molecular weight is 233 g/mol. The summed E-state index contributed by atoms with van der Waals surface area (Å²) in [5.74, 6) is 0.139. The SMILES string of the molecule is NC(=O)[C@@H]1CCC[N+]12CCS(=O)(=O)CC2. The number of quaternary nitrogens is 1. The van der Waals surface area contributed by atoms with Crippen LogP contribution in [0.2, 0.25) is 0 Å². The van der Waals surface area contributed by atoms with E-state index in [9.17, 15) is 13.2 Å². The van der Waals surface area contributed by atoms with Crippen molar-refractivity contribution in [2.75, 3.05) is 31.1 Å². The molecule has 5 nitrogen and oxygen atoms in total. The van der Waals surface area contributed by atoms with Gasteiger partial charge in [0.2, 0.25) is 0 Å².